The number of benzene rings is 1. The minimum absolute atomic E-state index is 0.0983. The molecule has 0 saturated carbocycles. The van der Waals surface area contributed by atoms with Crippen molar-refractivity contribution in [3.05, 3.63) is 45.8 Å². The van der Waals surface area contributed by atoms with Crippen molar-refractivity contribution in [3.8, 4) is 11.4 Å². The monoisotopic (exact) mass is 581 g/mol. The Morgan fingerprint density at radius 3 is 2.44 bits per heavy atom. The Balaban J connectivity index is 1.61. The number of rotatable bonds is 6. The highest BCUT2D eigenvalue weighted by atomic mass is 35.5. The zero-order valence-corrected chi connectivity index (χ0v) is 24.5. The fourth-order valence-corrected chi connectivity index (χ4v) is 5.98. The Kier molecular flexibility index (Phi) is 8.48. The molecule has 13 heteroatoms. The Labute approximate surface area is 234 Å². The van der Waals surface area contributed by atoms with Gasteiger partial charge in [-0.2, -0.15) is 14.1 Å². The normalized spacial score (nSPS) is 19.0. The van der Waals surface area contributed by atoms with Crippen molar-refractivity contribution in [2.24, 2.45) is 0 Å². The topological polar surface area (TPSA) is 114 Å². The molecule has 2 fully saturated rings. The van der Waals surface area contributed by atoms with Crippen LogP contribution in [0.4, 0.5) is 10.5 Å². The lowest BCUT2D eigenvalue weighted by Gasteiger charge is -2.36. The van der Waals surface area contributed by atoms with Gasteiger partial charge in [0.1, 0.15) is 17.4 Å². The number of amides is 1. The average Bonchev–Trinajstić information content (AvgIpc) is 3.33. The van der Waals surface area contributed by atoms with Crippen LogP contribution in [0.25, 0.3) is 5.69 Å². The second-order valence-corrected chi connectivity index (χ2v) is 13.9. The van der Waals surface area contributed by atoms with Gasteiger partial charge in [-0.05, 0) is 52.8 Å². The summed E-state index contributed by atoms with van der Waals surface area (Å²) in [6, 6.07) is 6.79. The van der Waals surface area contributed by atoms with Crippen LogP contribution in [-0.2, 0) is 14.8 Å². The molecule has 0 N–H and O–H groups in total. The number of halogens is 1. The van der Waals surface area contributed by atoms with Gasteiger partial charge in [-0.3, -0.25) is 4.79 Å². The Morgan fingerprint density at radius 2 is 1.82 bits per heavy atom. The Hall–Kier alpha value is -2.83. The molecule has 11 nitrogen and oxygen atoms in total. The van der Waals surface area contributed by atoms with E-state index in [1.807, 2.05) is 25.7 Å². The number of nitrogens with zero attached hydrogens (tertiary/aromatic N) is 5. The van der Waals surface area contributed by atoms with E-state index in [0.717, 1.165) is 0 Å². The predicted octanol–water partition coefficient (Wildman–Crippen LogP) is 3.13. The van der Waals surface area contributed by atoms with E-state index in [1.54, 1.807) is 49.2 Å². The number of ether oxygens (including phenoxy) is 2. The molecule has 2 aliphatic heterocycles. The van der Waals surface area contributed by atoms with Crippen LogP contribution in [0.3, 0.4) is 0 Å². The molecule has 1 aromatic carbocycles. The van der Waals surface area contributed by atoms with E-state index in [1.165, 1.54) is 8.99 Å². The number of carbonyl (C=O) groups excluding carboxylic acids is 1. The molecular formula is C26H36ClN5O6S. The minimum atomic E-state index is -3.38. The SMILES string of the molecule is CC(C)S(=O)(=O)N1CCN(c2cnn(-c3cccc(Cl)c3)c(=O)c2OC2CCN(C(=O)OC(C)(C)C)C2)CC1. The third-order valence-corrected chi connectivity index (χ3v) is 9.10. The molecule has 0 bridgehead atoms. The van der Waals surface area contributed by atoms with Gasteiger partial charge in [-0.1, -0.05) is 17.7 Å². The fraction of sp³-hybridized carbons (Fsp3) is 0.577. The first-order valence-corrected chi connectivity index (χ1v) is 14.9. The number of carbonyl (C=O) groups is 1. The van der Waals surface area contributed by atoms with Gasteiger partial charge in [0.2, 0.25) is 15.8 Å². The number of hydrogen-bond acceptors (Lipinski definition) is 8. The molecule has 0 radical (unpaired) electrons. The van der Waals surface area contributed by atoms with Crippen LogP contribution in [0.2, 0.25) is 5.02 Å². The predicted molar refractivity (Wildman–Crippen MR) is 150 cm³/mol. The summed E-state index contributed by atoms with van der Waals surface area (Å²) < 4.78 is 39.8. The summed E-state index contributed by atoms with van der Waals surface area (Å²) in [7, 11) is -3.38. The number of aromatic nitrogens is 2. The van der Waals surface area contributed by atoms with Crippen LogP contribution in [0, 0.1) is 0 Å². The van der Waals surface area contributed by atoms with Gasteiger partial charge in [-0.15, -0.1) is 0 Å². The number of sulfonamides is 1. The first kappa shape index (κ1) is 29.2. The van der Waals surface area contributed by atoms with Crippen LogP contribution in [0.1, 0.15) is 41.0 Å². The Morgan fingerprint density at radius 1 is 1.13 bits per heavy atom. The van der Waals surface area contributed by atoms with Crippen molar-refractivity contribution in [1.82, 2.24) is 19.0 Å². The molecular weight excluding hydrogens is 546 g/mol. The second kappa shape index (κ2) is 11.3. The zero-order chi connectivity index (χ0) is 28.5. The van der Waals surface area contributed by atoms with Crippen molar-refractivity contribution in [2.45, 2.75) is 58.0 Å². The largest absolute Gasteiger partial charge is 0.481 e. The molecule has 0 spiro atoms. The van der Waals surface area contributed by atoms with Gasteiger partial charge >= 0.3 is 11.7 Å². The highest BCUT2D eigenvalue weighted by Crippen LogP contribution is 2.29. The summed E-state index contributed by atoms with van der Waals surface area (Å²) in [6.07, 6.45) is 1.23. The average molecular weight is 582 g/mol. The molecule has 1 unspecified atom stereocenters. The van der Waals surface area contributed by atoms with Crippen molar-refractivity contribution in [3.63, 3.8) is 0 Å². The minimum Gasteiger partial charge on any atom is -0.481 e. The molecule has 1 atom stereocenters. The molecule has 3 heterocycles. The maximum absolute atomic E-state index is 13.7. The summed E-state index contributed by atoms with van der Waals surface area (Å²) in [5, 5.41) is 4.33. The first-order chi connectivity index (χ1) is 18.3. The maximum atomic E-state index is 13.7. The third kappa shape index (κ3) is 6.67. The van der Waals surface area contributed by atoms with Crippen LogP contribution in [0.15, 0.2) is 35.3 Å². The Bertz CT molecular complexity index is 1370. The standard InChI is InChI=1S/C26H36ClN5O6S/c1-18(2)39(35,36)31-13-11-29(12-14-31)22-16-28-32(20-8-6-7-19(27)15-20)24(33)23(22)37-21-9-10-30(17-21)25(34)38-26(3,4)5/h6-8,15-16,18,21H,9-14,17H2,1-5H3. The number of hydrogen-bond donors (Lipinski definition) is 0. The van der Waals surface area contributed by atoms with E-state index in [4.69, 9.17) is 21.1 Å². The van der Waals surface area contributed by atoms with Gasteiger partial charge in [0.05, 0.1) is 23.7 Å². The van der Waals surface area contributed by atoms with E-state index in [0.29, 0.717) is 42.5 Å². The van der Waals surface area contributed by atoms with Gasteiger partial charge in [0, 0.05) is 44.2 Å². The second-order valence-electron chi connectivity index (χ2n) is 11.0. The molecule has 2 saturated heterocycles. The lowest BCUT2D eigenvalue weighted by atomic mass is 10.2. The quantitative estimate of drug-likeness (QED) is 0.511. The molecule has 0 aliphatic carbocycles. The zero-order valence-electron chi connectivity index (χ0n) is 23.0. The summed E-state index contributed by atoms with van der Waals surface area (Å²) in [5.41, 5.74) is -0.124. The highest BCUT2D eigenvalue weighted by Gasteiger charge is 2.34. The molecule has 39 heavy (non-hydrogen) atoms. The van der Waals surface area contributed by atoms with Crippen molar-refractivity contribution in [1.29, 1.82) is 0 Å². The lowest BCUT2D eigenvalue weighted by Crippen LogP contribution is -2.50. The van der Waals surface area contributed by atoms with E-state index in [2.05, 4.69) is 5.10 Å². The maximum Gasteiger partial charge on any atom is 0.410 e. The molecule has 2 aromatic rings. The van der Waals surface area contributed by atoms with E-state index < -0.39 is 38.6 Å². The molecule has 1 amide bonds. The van der Waals surface area contributed by atoms with Gasteiger partial charge in [0.15, 0.2) is 0 Å². The van der Waals surface area contributed by atoms with Crippen molar-refractivity contribution >= 4 is 33.4 Å². The highest BCUT2D eigenvalue weighted by molar-refractivity contribution is 7.89. The number of likely N-dealkylation sites (tertiary alicyclic amines) is 1. The summed E-state index contributed by atoms with van der Waals surface area (Å²) in [6.45, 7) is 10.8. The van der Waals surface area contributed by atoms with Crippen molar-refractivity contribution in [2.75, 3.05) is 44.2 Å². The number of anilines is 1. The number of piperazine rings is 1. The van der Waals surface area contributed by atoms with Gasteiger partial charge in [-0.25, -0.2) is 13.2 Å². The molecule has 2 aliphatic rings. The van der Waals surface area contributed by atoms with Crippen LogP contribution < -0.4 is 15.2 Å². The van der Waals surface area contributed by atoms with Crippen LogP contribution >= 0.6 is 11.6 Å². The first-order valence-electron chi connectivity index (χ1n) is 13.0. The van der Waals surface area contributed by atoms with Crippen LogP contribution in [-0.4, -0.2) is 89.7 Å². The molecule has 1 aromatic heterocycles. The summed E-state index contributed by atoms with van der Waals surface area (Å²) >= 11 is 6.16. The van der Waals surface area contributed by atoms with Crippen LogP contribution in [0.5, 0.6) is 5.75 Å². The third-order valence-electron chi connectivity index (χ3n) is 6.58. The van der Waals surface area contributed by atoms with E-state index in [9.17, 15) is 18.0 Å². The van der Waals surface area contributed by atoms with Gasteiger partial charge in [0.25, 0.3) is 0 Å². The fourth-order valence-electron chi connectivity index (χ4n) is 4.52. The van der Waals surface area contributed by atoms with E-state index in [-0.39, 0.29) is 25.4 Å². The van der Waals surface area contributed by atoms with Crippen molar-refractivity contribution < 1.29 is 22.7 Å². The lowest BCUT2D eigenvalue weighted by molar-refractivity contribution is 0.0275. The van der Waals surface area contributed by atoms with Gasteiger partial charge < -0.3 is 19.3 Å². The summed E-state index contributed by atoms with van der Waals surface area (Å²) in [4.78, 5) is 29.8. The smallest absolute Gasteiger partial charge is 0.410 e. The van der Waals surface area contributed by atoms with E-state index >= 15 is 0 Å². The summed E-state index contributed by atoms with van der Waals surface area (Å²) in [5.74, 6) is 0.0983. The molecule has 214 valence electrons. The molecule has 4 rings (SSSR count).